The number of esters is 1. The zero-order chi connectivity index (χ0) is 22.5. The van der Waals surface area contributed by atoms with Crippen molar-refractivity contribution in [3.05, 3.63) is 15.0 Å². The third kappa shape index (κ3) is 8.65. The fourth-order valence-electron chi connectivity index (χ4n) is 3.61. The van der Waals surface area contributed by atoms with Crippen molar-refractivity contribution < 1.29 is 14.1 Å². The van der Waals surface area contributed by atoms with Crippen LogP contribution in [0.5, 0.6) is 0 Å². The predicted molar refractivity (Wildman–Crippen MR) is 126 cm³/mol. The molecule has 0 radical (unpaired) electrons. The summed E-state index contributed by atoms with van der Waals surface area (Å²) in [6, 6.07) is -0.0917. The third-order valence-corrected chi connectivity index (χ3v) is 7.99. The second kappa shape index (κ2) is 11.0. The standard InChI is InChI=1S/C22H37ClN2O3S2/c1-21(2,3)28-18(26)14-12-15-9-7-8-10-17-19(24-20(23)29-17)16(13-11-15)25-30(27)22(4,5)6/h15-16,25H,7-14H2,1-6H3/t15?,16-,30?/m1/s1. The smallest absolute Gasteiger partial charge is 0.306 e. The summed E-state index contributed by atoms with van der Waals surface area (Å²) in [6.45, 7) is 11.6. The predicted octanol–water partition coefficient (Wildman–Crippen LogP) is 6.13. The molecule has 0 amide bonds. The van der Waals surface area contributed by atoms with E-state index in [-0.39, 0.29) is 16.8 Å². The number of nitrogens with one attached hydrogen (secondary N) is 1. The number of hydrogen-bond acceptors (Lipinski definition) is 6. The highest BCUT2D eigenvalue weighted by atomic mass is 35.5. The molecule has 172 valence electrons. The van der Waals surface area contributed by atoms with Gasteiger partial charge in [-0.15, -0.1) is 16.1 Å². The summed E-state index contributed by atoms with van der Waals surface area (Å²) in [5.74, 6) is 0.317. The fourth-order valence-corrected chi connectivity index (χ4v) is 5.71. The van der Waals surface area contributed by atoms with E-state index < -0.39 is 17.0 Å². The Labute approximate surface area is 194 Å². The largest absolute Gasteiger partial charge is 0.598 e. The first-order valence-electron chi connectivity index (χ1n) is 10.9. The van der Waals surface area contributed by atoms with Gasteiger partial charge < -0.3 is 9.29 Å². The summed E-state index contributed by atoms with van der Waals surface area (Å²) in [4.78, 5) is 18.0. The Morgan fingerprint density at radius 1 is 1.23 bits per heavy atom. The van der Waals surface area contributed by atoms with Crippen LogP contribution in [0.15, 0.2) is 0 Å². The van der Waals surface area contributed by atoms with Crippen LogP contribution in [-0.2, 0) is 27.3 Å². The molecule has 30 heavy (non-hydrogen) atoms. The zero-order valence-electron chi connectivity index (χ0n) is 19.2. The number of fused-ring (bicyclic) bond motifs is 1. The second-order valence-corrected chi connectivity index (χ2v) is 13.8. The van der Waals surface area contributed by atoms with Crippen molar-refractivity contribution in [2.45, 2.75) is 109 Å². The Morgan fingerprint density at radius 3 is 2.57 bits per heavy atom. The minimum Gasteiger partial charge on any atom is -0.598 e. The van der Waals surface area contributed by atoms with Crippen LogP contribution in [0.25, 0.3) is 0 Å². The van der Waals surface area contributed by atoms with Gasteiger partial charge in [0.15, 0.2) is 4.47 Å². The first-order chi connectivity index (χ1) is 13.8. The molecule has 8 heteroatoms. The van der Waals surface area contributed by atoms with Gasteiger partial charge in [0.2, 0.25) is 0 Å². The van der Waals surface area contributed by atoms with Gasteiger partial charge in [-0.1, -0.05) is 24.4 Å². The average molecular weight is 477 g/mol. The lowest BCUT2D eigenvalue weighted by molar-refractivity contribution is -0.155. The molecule has 3 atom stereocenters. The molecule has 1 aliphatic rings. The quantitative estimate of drug-likeness (QED) is 0.408. The Hall–Kier alpha value is -0.340. The van der Waals surface area contributed by atoms with Gasteiger partial charge in [0, 0.05) is 22.7 Å². The van der Waals surface area contributed by atoms with E-state index in [1.165, 1.54) is 4.88 Å². The monoisotopic (exact) mass is 476 g/mol. The number of nitrogens with zero attached hydrogens (tertiary/aromatic N) is 1. The zero-order valence-corrected chi connectivity index (χ0v) is 21.6. The second-order valence-electron chi connectivity index (χ2n) is 10.1. The van der Waals surface area contributed by atoms with Gasteiger partial charge in [-0.3, -0.25) is 4.79 Å². The summed E-state index contributed by atoms with van der Waals surface area (Å²) in [5.41, 5.74) is 0.509. The molecule has 1 aliphatic carbocycles. The van der Waals surface area contributed by atoms with Crippen molar-refractivity contribution in [3.63, 3.8) is 0 Å². The van der Waals surface area contributed by atoms with Gasteiger partial charge in [0.1, 0.15) is 10.3 Å². The van der Waals surface area contributed by atoms with Gasteiger partial charge in [-0.05, 0) is 79.6 Å². The van der Waals surface area contributed by atoms with E-state index >= 15 is 0 Å². The first-order valence-corrected chi connectivity index (χ1v) is 13.2. The van der Waals surface area contributed by atoms with Gasteiger partial charge in [-0.25, -0.2) is 4.98 Å². The summed E-state index contributed by atoms with van der Waals surface area (Å²) in [6.07, 6.45) is 7.29. The molecule has 0 aliphatic heterocycles. The van der Waals surface area contributed by atoms with E-state index in [2.05, 4.69) is 9.71 Å². The van der Waals surface area contributed by atoms with Crippen LogP contribution < -0.4 is 4.72 Å². The molecule has 0 fully saturated rings. The number of aryl methyl sites for hydroxylation is 1. The molecule has 0 aromatic carbocycles. The number of halogens is 1. The Morgan fingerprint density at radius 2 is 1.93 bits per heavy atom. The van der Waals surface area contributed by atoms with Crippen molar-refractivity contribution in [3.8, 4) is 0 Å². The van der Waals surface area contributed by atoms with Crippen molar-refractivity contribution >= 4 is 40.3 Å². The molecular weight excluding hydrogens is 440 g/mol. The number of carbonyl (C=O) groups excluding carboxylic acids is 1. The summed E-state index contributed by atoms with van der Waals surface area (Å²) < 4.78 is 21.8. The SMILES string of the molecule is CC(C)(C)OC(=O)CCC1CCCCc2sc(Cl)nc2[C@H](N[S+]([O-])C(C)(C)C)CC1. The topological polar surface area (TPSA) is 74.3 Å². The molecule has 1 N–H and O–H groups in total. The van der Waals surface area contributed by atoms with Gasteiger partial charge >= 0.3 is 5.97 Å². The van der Waals surface area contributed by atoms with Gasteiger partial charge in [-0.2, -0.15) is 0 Å². The lowest BCUT2D eigenvalue weighted by atomic mass is 9.88. The third-order valence-electron chi connectivity index (χ3n) is 5.14. The number of thiazole rings is 1. The van der Waals surface area contributed by atoms with Gasteiger partial charge in [0.25, 0.3) is 0 Å². The van der Waals surface area contributed by atoms with Crippen LogP contribution in [0.1, 0.15) is 103 Å². The number of carbonyl (C=O) groups is 1. The van der Waals surface area contributed by atoms with Crippen LogP contribution in [0.4, 0.5) is 0 Å². The van der Waals surface area contributed by atoms with Crippen molar-refractivity contribution in [1.29, 1.82) is 0 Å². The van der Waals surface area contributed by atoms with Crippen molar-refractivity contribution in [2.75, 3.05) is 0 Å². The lowest BCUT2D eigenvalue weighted by Gasteiger charge is -2.29. The molecule has 5 nitrogen and oxygen atoms in total. The normalized spacial score (nSPS) is 22.3. The summed E-state index contributed by atoms with van der Waals surface area (Å²) >= 11 is 6.60. The van der Waals surface area contributed by atoms with E-state index in [0.29, 0.717) is 16.8 Å². The lowest BCUT2D eigenvalue weighted by Crippen LogP contribution is -2.41. The average Bonchev–Trinajstić information content (AvgIpc) is 2.96. The highest BCUT2D eigenvalue weighted by Crippen LogP contribution is 2.35. The maximum Gasteiger partial charge on any atom is 0.306 e. The van der Waals surface area contributed by atoms with Crippen LogP contribution in [0, 0.1) is 5.92 Å². The molecule has 0 bridgehead atoms. The number of rotatable bonds is 5. The number of hydrogen-bond donors (Lipinski definition) is 1. The highest BCUT2D eigenvalue weighted by molar-refractivity contribution is 7.90. The van der Waals surface area contributed by atoms with Crippen molar-refractivity contribution in [1.82, 2.24) is 9.71 Å². The van der Waals surface area contributed by atoms with Gasteiger partial charge in [0.05, 0.1) is 11.7 Å². The van der Waals surface area contributed by atoms with E-state index in [1.54, 1.807) is 11.3 Å². The minimum atomic E-state index is -1.19. The molecule has 0 saturated heterocycles. The first kappa shape index (κ1) is 25.9. The molecule has 2 unspecified atom stereocenters. The Balaban J connectivity index is 2.09. The maximum atomic E-state index is 12.8. The van der Waals surface area contributed by atoms with Crippen LogP contribution in [0.3, 0.4) is 0 Å². The molecule has 0 spiro atoms. The van der Waals surface area contributed by atoms with Crippen LogP contribution in [-0.4, -0.2) is 25.9 Å². The number of aromatic nitrogens is 1. The van der Waals surface area contributed by atoms with E-state index in [1.807, 2.05) is 41.5 Å². The van der Waals surface area contributed by atoms with Crippen molar-refractivity contribution in [2.24, 2.45) is 5.92 Å². The molecule has 1 aromatic rings. The fraction of sp³-hybridized carbons (Fsp3) is 0.818. The summed E-state index contributed by atoms with van der Waals surface area (Å²) in [7, 11) is 0. The maximum absolute atomic E-state index is 12.8. The number of ether oxygens (including phenoxy) is 1. The molecule has 1 aromatic heterocycles. The Bertz CT molecular complexity index is 698. The summed E-state index contributed by atoms with van der Waals surface area (Å²) in [5, 5.41) is 0. The Kier molecular flexibility index (Phi) is 9.50. The highest BCUT2D eigenvalue weighted by Gasteiger charge is 2.33. The molecule has 2 rings (SSSR count). The van der Waals surface area contributed by atoms with Crippen LogP contribution in [0.2, 0.25) is 4.47 Å². The molecule has 0 saturated carbocycles. The van der Waals surface area contributed by atoms with Crippen LogP contribution >= 0.6 is 22.9 Å². The minimum absolute atomic E-state index is 0.0917. The molecular formula is C22H37ClN2O3S2. The van der Waals surface area contributed by atoms with E-state index in [0.717, 1.165) is 50.6 Å². The van der Waals surface area contributed by atoms with E-state index in [4.69, 9.17) is 16.3 Å². The van der Waals surface area contributed by atoms with E-state index in [9.17, 15) is 9.35 Å². The molecule has 1 heterocycles.